The predicted octanol–water partition coefficient (Wildman–Crippen LogP) is -0.372. The fourth-order valence-electron chi connectivity index (χ4n) is 2.98. The van der Waals surface area contributed by atoms with Crippen molar-refractivity contribution < 1.29 is 33.1 Å². The summed E-state index contributed by atoms with van der Waals surface area (Å²) in [4.78, 5) is 21.4. The molecular weight excluding hydrogens is 372 g/mol. The maximum Gasteiger partial charge on any atom is 0.469 e. The molecule has 4 atom stereocenters. The third kappa shape index (κ3) is 2.66. The quantitative estimate of drug-likeness (QED) is 0.506. The first-order valence-electron chi connectivity index (χ1n) is 7.28. The van der Waals surface area contributed by atoms with Gasteiger partial charge in [0.2, 0.25) is 5.60 Å². The van der Waals surface area contributed by atoms with Crippen LogP contribution in [0.4, 0.5) is 10.2 Å². The standard InChI is InChI=1S/C13H15FN5O6P/c1-12(14)10(20)8(4-24-26(21,22)23)25-13(12,5-15)9-3-2-7-11(16)17-6-18-19(7)9/h2-3,6,8,10,20H,4H2,1H3,(H2,16,17,18)(H2,21,22,23)/t8?,10-,12-,13+/m1/s1. The maximum absolute atomic E-state index is 15.5. The molecule has 2 aromatic rings. The number of hydrogen-bond donors (Lipinski definition) is 4. The van der Waals surface area contributed by atoms with E-state index < -0.39 is 37.9 Å². The number of aliphatic hydroxyl groups excluding tert-OH is 1. The lowest BCUT2D eigenvalue weighted by Crippen LogP contribution is -2.48. The number of nitrogens with two attached hydrogens (primary N) is 1. The highest BCUT2D eigenvalue weighted by Crippen LogP contribution is 2.50. The molecule has 1 saturated heterocycles. The van der Waals surface area contributed by atoms with E-state index in [0.29, 0.717) is 5.52 Å². The molecule has 0 spiro atoms. The first-order chi connectivity index (χ1) is 12.0. The average Bonchev–Trinajstić information content (AvgIpc) is 3.06. The molecule has 0 aliphatic carbocycles. The van der Waals surface area contributed by atoms with Gasteiger partial charge < -0.3 is 25.4 Å². The first kappa shape index (κ1) is 18.7. The van der Waals surface area contributed by atoms with Crippen LogP contribution in [-0.2, 0) is 19.4 Å². The Balaban J connectivity index is 2.09. The molecule has 0 radical (unpaired) electrons. The zero-order chi connectivity index (χ0) is 19.3. The lowest BCUT2D eigenvalue weighted by atomic mass is 9.82. The van der Waals surface area contributed by atoms with Crippen LogP contribution < -0.4 is 5.73 Å². The van der Waals surface area contributed by atoms with Crippen molar-refractivity contribution in [3.05, 3.63) is 24.2 Å². The van der Waals surface area contributed by atoms with Crippen molar-refractivity contribution in [3.8, 4) is 6.07 Å². The normalized spacial score (nSPS) is 32.0. The summed E-state index contributed by atoms with van der Waals surface area (Å²) in [5.74, 6) is 0.0832. The van der Waals surface area contributed by atoms with E-state index in [9.17, 15) is 14.9 Å². The van der Waals surface area contributed by atoms with Gasteiger partial charge >= 0.3 is 7.82 Å². The number of nitriles is 1. The van der Waals surface area contributed by atoms with Crippen LogP contribution in [0, 0.1) is 11.3 Å². The lowest BCUT2D eigenvalue weighted by molar-refractivity contribution is -0.0712. The van der Waals surface area contributed by atoms with Gasteiger partial charge in [-0.25, -0.2) is 18.5 Å². The van der Waals surface area contributed by atoms with Crippen molar-refractivity contribution in [1.82, 2.24) is 14.6 Å². The Bertz CT molecular complexity index is 939. The number of alkyl halides is 1. The van der Waals surface area contributed by atoms with E-state index in [4.69, 9.17) is 20.3 Å². The van der Waals surface area contributed by atoms with Crippen molar-refractivity contribution in [3.63, 3.8) is 0 Å². The fraction of sp³-hybridized carbons (Fsp3) is 0.462. The van der Waals surface area contributed by atoms with E-state index >= 15 is 4.39 Å². The zero-order valence-electron chi connectivity index (χ0n) is 13.4. The summed E-state index contributed by atoms with van der Waals surface area (Å²) in [6, 6.07) is 4.51. The number of hydrogen-bond acceptors (Lipinski definition) is 8. The minimum atomic E-state index is -4.88. The average molecular weight is 387 g/mol. The molecule has 11 nitrogen and oxygen atoms in total. The van der Waals surface area contributed by atoms with Crippen LogP contribution in [0.25, 0.3) is 5.52 Å². The number of phosphoric acid groups is 1. The van der Waals surface area contributed by atoms with Gasteiger partial charge in [0.05, 0.1) is 12.3 Å². The molecule has 0 bridgehead atoms. The van der Waals surface area contributed by atoms with Crippen LogP contribution in [0.5, 0.6) is 0 Å². The molecule has 1 aliphatic rings. The smallest absolute Gasteiger partial charge is 0.387 e. The van der Waals surface area contributed by atoms with Crippen molar-refractivity contribution >= 4 is 19.2 Å². The van der Waals surface area contributed by atoms with Crippen molar-refractivity contribution in [2.24, 2.45) is 0 Å². The van der Waals surface area contributed by atoms with Gasteiger partial charge in [-0.1, -0.05) is 0 Å². The highest BCUT2D eigenvalue weighted by atomic mass is 31.2. The Kier molecular flexibility index (Phi) is 4.27. The molecule has 140 valence electrons. The van der Waals surface area contributed by atoms with Crippen LogP contribution in [0.2, 0.25) is 0 Å². The lowest BCUT2D eigenvalue weighted by Gasteiger charge is -2.30. The largest absolute Gasteiger partial charge is 0.469 e. The Morgan fingerprint density at radius 2 is 2.27 bits per heavy atom. The number of nitrogens with zero attached hydrogens (tertiary/aromatic N) is 4. The Morgan fingerprint density at radius 1 is 1.58 bits per heavy atom. The highest BCUT2D eigenvalue weighted by molar-refractivity contribution is 7.46. The van der Waals surface area contributed by atoms with Gasteiger partial charge in [0, 0.05) is 0 Å². The number of ether oxygens (including phenoxy) is 1. The van der Waals surface area contributed by atoms with Gasteiger partial charge in [-0.3, -0.25) is 4.52 Å². The van der Waals surface area contributed by atoms with Gasteiger partial charge in [0.1, 0.15) is 30.1 Å². The van der Waals surface area contributed by atoms with E-state index in [1.165, 1.54) is 12.1 Å². The zero-order valence-corrected chi connectivity index (χ0v) is 14.2. The highest BCUT2D eigenvalue weighted by Gasteiger charge is 2.67. The van der Waals surface area contributed by atoms with E-state index in [2.05, 4.69) is 14.6 Å². The molecule has 5 N–H and O–H groups in total. The van der Waals surface area contributed by atoms with Crippen LogP contribution in [-0.4, -0.2) is 54.0 Å². The fourth-order valence-corrected chi connectivity index (χ4v) is 3.32. The minimum absolute atomic E-state index is 0.0631. The van der Waals surface area contributed by atoms with E-state index in [1.54, 1.807) is 6.07 Å². The number of fused-ring (bicyclic) bond motifs is 1. The van der Waals surface area contributed by atoms with Crippen LogP contribution in [0.15, 0.2) is 18.5 Å². The molecule has 1 aliphatic heterocycles. The van der Waals surface area contributed by atoms with E-state index in [1.807, 2.05) is 0 Å². The second kappa shape index (κ2) is 5.95. The first-order valence-corrected chi connectivity index (χ1v) is 8.81. The third-order valence-corrected chi connectivity index (χ3v) is 4.82. The number of halogens is 1. The Morgan fingerprint density at radius 3 is 2.88 bits per heavy atom. The Labute approximate surface area is 146 Å². The molecule has 3 rings (SSSR count). The number of aliphatic hydroxyl groups is 1. The molecule has 1 fully saturated rings. The number of nitrogen functional groups attached to an aromatic ring is 1. The van der Waals surface area contributed by atoms with Crippen molar-refractivity contribution in [2.45, 2.75) is 30.4 Å². The summed E-state index contributed by atoms with van der Waals surface area (Å²) in [6.45, 7) is 0.122. The summed E-state index contributed by atoms with van der Waals surface area (Å²) in [5.41, 5.74) is 0.970. The molecule has 13 heteroatoms. The summed E-state index contributed by atoms with van der Waals surface area (Å²) < 4.78 is 37.2. The number of phosphoric ester groups is 1. The van der Waals surface area contributed by atoms with Gasteiger partial charge in [0.25, 0.3) is 0 Å². The molecule has 2 aromatic heterocycles. The minimum Gasteiger partial charge on any atom is -0.387 e. The Hall–Kier alpha value is -2.13. The van der Waals surface area contributed by atoms with Gasteiger partial charge in [-0.15, -0.1) is 0 Å². The van der Waals surface area contributed by atoms with Gasteiger partial charge in [0.15, 0.2) is 11.5 Å². The molecule has 1 unspecified atom stereocenters. The summed E-state index contributed by atoms with van der Waals surface area (Å²) in [7, 11) is -4.88. The molecule has 0 aromatic carbocycles. The number of rotatable bonds is 4. The molecule has 0 saturated carbocycles. The second-order valence-corrected chi connectivity index (χ2v) is 7.16. The van der Waals surface area contributed by atoms with Crippen molar-refractivity contribution in [1.29, 1.82) is 5.26 Å². The van der Waals surface area contributed by atoms with E-state index in [-0.39, 0.29) is 11.5 Å². The molecular formula is C13H15FN5O6P. The number of aromatic nitrogens is 3. The summed E-state index contributed by atoms with van der Waals surface area (Å²) >= 11 is 0. The molecule has 26 heavy (non-hydrogen) atoms. The second-order valence-electron chi connectivity index (χ2n) is 5.92. The third-order valence-electron chi connectivity index (χ3n) is 4.33. The van der Waals surface area contributed by atoms with E-state index in [0.717, 1.165) is 17.8 Å². The molecule has 3 heterocycles. The van der Waals surface area contributed by atoms with Crippen molar-refractivity contribution in [2.75, 3.05) is 12.3 Å². The van der Waals surface area contributed by atoms with Gasteiger partial charge in [-0.05, 0) is 19.1 Å². The van der Waals surface area contributed by atoms with Crippen LogP contribution in [0.1, 0.15) is 12.6 Å². The summed E-state index contributed by atoms with van der Waals surface area (Å²) in [6.07, 6.45) is -2.31. The van der Waals surface area contributed by atoms with Gasteiger partial charge in [-0.2, -0.15) is 10.4 Å². The predicted molar refractivity (Wildman–Crippen MR) is 83.1 cm³/mol. The molecule has 0 amide bonds. The number of anilines is 1. The summed E-state index contributed by atoms with van der Waals surface area (Å²) in [5, 5.41) is 23.9. The SMILES string of the molecule is C[C@@]1(F)[C@H](O)C(COP(=O)(O)O)O[C@@]1(C#N)c1ccc2c(N)ncnn12. The maximum atomic E-state index is 15.5. The monoisotopic (exact) mass is 387 g/mol. The topological polar surface area (TPSA) is 176 Å². The van der Waals surface area contributed by atoms with Crippen LogP contribution in [0.3, 0.4) is 0 Å². The van der Waals surface area contributed by atoms with Crippen LogP contribution >= 0.6 is 7.82 Å².